The maximum absolute atomic E-state index is 11.2. The number of hydrogen-bond acceptors (Lipinski definition) is 4. The highest BCUT2D eigenvalue weighted by Gasteiger charge is 2.28. The molecule has 1 fully saturated rings. The number of piperidine rings is 1. The summed E-state index contributed by atoms with van der Waals surface area (Å²) in [5.74, 6) is 0. The average molecular weight is 419 g/mol. The summed E-state index contributed by atoms with van der Waals surface area (Å²) in [6, 6.07) is 16.8. The molecule has 6 heteroatoms. The van der Waals surface area contributed by atoms with Crippen molar-refractivity contribution in [3.8, 4) is 0 Å². The highest BCUT2D eigenvalue weighted by molar-refractivity contribution is 5.87. The van der Waals surface area contributed by atoms with Crippen LogP contribution in [0.4, 0.5) is 5.69 Å². The van der Waals surface area contributed by atoms with Crippen molar-refractivity contribution in [3.63, 3.8) is 0 Å². The maximum Gasteiger partial charge on any atom is 0.270 e. The van der Waals surface area contributed by atoms with Crippen molar-refractivity contribution < 1.29 is 4.92 Å². The van der Waals surface area contributed by atoms with E-state index in [1.807, 2.05) is 6.07 Å². The van der Waals surface area contributed by atoms with Crippen LogP contribution in [0, 0.1) is 10.1 Å². The van der Waals surface area contributed by atoms with E-state index in [2.05, 4.69) is 45.5 Å². The molecule has 162 valence electrons. The van der Waals surface area contributed by atoms with Crippen LogP contribution in [0.2, 0.25) is 0 Å². The van der Waals surface area contributed by atoms with Gasteiger partial charge in [-0.05, 0) is 68.8 Å². The number of likely N-dealkylation sites (tertiary alicyclic amines) is 1. The van der Waals surface area contributed by atoms with Gasteiger partial charge >= 0.3 is 0 Å². The number of nitrogens with one attached hydrogen (secondary N) is 2. The van der Waals surface area contributed by atoms with E-state index in [9.17, 15) is 10.1 Å². The number of hydrogen-bond donors (Lipinski definition) is 2. The molecule has 0 spiro atoms. The van der Waals surface area contributed by atoms with Crippen LogP contribution in [0.25, 0.3) is 10.9 Å². The second kappa shape index (κ2) is 8.81. The van der Waals surface area contributed by atoms with Gasteiger partial charge in [0, 0.05) is 47.4 Å². The van der Waals surface area contributed by atoms with Gasteiger partial charge in [0.25, 0.3) is 5.69 Å². The van der Waals surface area contributed by atoms with E-state index >= 15 is 0 Å². The monoisotopic (exact) mass is 418 g/mol. The summed E-state index contributed by atoms with van der Waals surface area (Å²) in [5.41, 5.74) is 5.11. The Morgan fingerprint density at radius 3 is 2.68 bits per heavy atom. The summed E-state index contributed by atoms with van der Waals surface area (Å²) in [5, 5.41) is 16.1. The van der Waals surface area contributed by atoms with Crippen molar-refractivity contribution in [3.05, 3.63) is 75.5 Å². The Morgan fingerprint density at radius 1 is 1.10 bits per heavy atom. The molecule has 3 aromatic rings. The van der Waals surface area contributed by atoms with Crippen molar-refractivity contribution in [1.82, 2.24) is 15.2 Å². The first kappa shape index (κ1) is 20.2. The smallest absolute Gasteiger partial charge is 0.270 e. The molecule has 1 aromatic heterocycles. The van der Waals surface area contributed by atoms with Gasteiger partial charge in [0.05, 0.1) is 4.92 Å². The molecule has 2 aliphatic rings. The minimum Gasteiger partial charge on any atom is -0.357 e. The summed E-state index contributed by atoms with van der Waals surface area (Å²) in [4.78, 5) is 17.0. The van der Waals surface area contributed by atoms with Crippen LogP contribution < -0.4 is 5.32 Å². The maximum atomic E-state index is 11.2. The van der Waals surface area contributed by atoms with Crippen LogP contribution in [0.5, 0.6) is 0 Å². The van der Waals surface area contributed by atoms with E-state index < -0.39 is 0 Å². The van der Waals surface area contributed by atoms with E-state index in [4.69, 9.17) is 0 Å². The number of aryl methyl sites for hydroxylation is 1. The lowest BCUT2D eigenvalue weighted by Crippen LogP contribution is -2.44. The Morgan fingerprint density at radius 2 is 1.90 bits per heavy atom. The molecule has 1 atom stereocenters. The van der Waals surface area contributed by atoms with Gasteiger partial charge in [0.15, 0.2) is 0 Å². The van der Waals surface area contributed by atoms with Crippen LogP contribution in [0.1, 0.15) is 48.5 Å². The molecule has 2 heterocycles. The molecule has 0 saturated carbocycles. The van der Waals surface area contributed by atoms with Crippen LogP contribution in [0.15, 0.2) is 48.5 Å². The molecule has 0 bridgehead atoms. The van der Waals surface area contributed by atoms with Crippen molar-refractivity contribution in [2.75, 3.05) is 19.6 Å². The Balaban J connectivity index is 1.21. The lowest BCUT2D eigenvalue weighted by atomic mass is 9.90. The van der Waals surface area contributed by atoms with Crippen molar-refractivity contribution in [2.45, 2.75) is 50.6 Å². The zero-order chi connectivity index (χ0) is 21.2. The highest BCUT2D eigenvalue weighted by Crippen LogP contribution is 2.36. The highest BCUT2D eigenvalue weighted by atomic mass is 16.6. The Labute approximate surface area is 182 Å². The molecule has 0 amide bonds. The molecule has 1 saturated heterocycles. The fourth-order valence-electron chi connectivity index (χ4n) is 5.27. The summed E-state index contributed by atoms with van der Waals surface area (Å²) in [7, 11) is 0. The van der Waals surface area contributed by atoms with Gasteiger partial charge in [-0.1, -0.05) is 30.3 Å². The lowest BCUT2D eigenvalue weighted by Gasteiger charge is -2.35. The third kappa shape index (κ3) is 4.36. The molecule has 6 nitrogen and oxygen atoms in total. The molecule has 1 aliphatic heterocycles. The predicted molar refractivity (Wildman–Crippen MR) is 123 cm³/mol. The number of rotatable bonds is 6. The minimum absolute atomic E-state index is 0.173. The second-order valence-corrected chi connectivity index (χ2v) is 8.97. The van der Waals surface area contributed by atoms with Crippen molar-refractivity contribution in [1.29, 1.82) is 0 Å². The van der Waals surface area contributed by atoms with E-state index in [0.717, 1.165) is 56.2 Å². The predicted octanol–water partition coefficient (Wildman–Crippen LogP) is 4.75. The van der Waals surface area contributed by atoms with Crippen molar-refractivity contribution >= 4 is 16.6 Å². The summed E-state index contributed by atoms with van der Waals surface area (Å²) in [6.45, 7) is 3.41. The third-order valence-electron chi connectivity index (χ3n) is 6.99. The molecular weight excluding hydrogens is 388 g/mol. The SMILES string of the molecule is O=[N+]([O-])c1ccc2[nH]c3c(c2c1)CCC[C@H]3NC1CCN(CCc2ccccc2)CC1. The first-order valence-electron chi connectivity index (χ1n) is 11.5. The van der Waals surface area contributed by atoms with Crippen LogP contribution >= 0.6 is 0 Å². The minimum atomic E-state index is -0.303. The normalized spacial score (nSPS) is 20.1. The number of fused-ring (bicyclic) bond motifs is 3. The molecule has 1 aliphatic carbocycles. The first-order valence-corrected chi connectivity index (χ1v) is 11.5. The molecule has 5 rings (SSSR count). The Hall–Kier alpha value is -2.70. The van der Waals surface area contributed by atoms with Gasteiger partial charge in [0.1, 0.15) is 0 Å². The number of nitro benzene ring substituents is 1. The van der Waals surface area contributed by atoms with E-state index in [0.29, 0.717) is 12.1 Å². The Bertz CT molecular complexity index is 1050. The number of benzene rings is 2. The van der Waals surface area contributed by atoms with Gasteiger partial charge in [-0.15, -0.1) is 0 Å². The van der Waals surface area contributed by atoms with Crippen molar-refractivity contribution in [2.24, 2.45) is 0 Å². The van der Waals surface area contributed by atoms with Crippen LogP contribution in [0.3, 0.4) is 0 Å². The van der Waals surface area contributed by atoms with Gasteiger partial charge in [-0.3, -0.25) is 10.1 Å². The molecule has 0 unspecified atom stereocenters. The van der Waals surface area contributed by atoms with E-state index in [1.54, 1.807) is 12.1 Å². The molecule has 2 aromatic carbocycles. The van der Waals surface area contributed by atoms with E-state index in [-0.39, 0.29) is 10.6 Å². The van der Waals surface area contributed by atoms with Gasteiger partial charge in [-0.25, -0.2) is 0 Å². The largest absolute Gasteiger partial charge is 0.357 e. The molecule has 2 N–H and O–H groups in total. The summed E-state index contributed by atoms with van der Waals surface area (Å²) < 4.78 is 0. The van der Waals surface area contributed by atoms with Crippen LogP contribution in [-0.2, 0) is 12.8 Å². The fraction of sp³-hybridized carbons (Fsp3) is 0.440. The van der Waals surface area contributed by atoms with Gasteiger partial charge in [-0.2, -0.15) is 0 Å². The molecular formula is C25H30N4O2. The zero-order valence-corrected chi connectivity index (χ0v) is 17.8. The van der Waals surface area contributed by atoms with E-state index in [1.165, 1.54) is 29.7 Å². The average Bonchev–Trinajstić information content (AvgIpc) is 3.18. The summed E-state index contributed by atoms with van der Waals surface area (Å²) in [6.07, 6.45) is 6.70. The number of nitro groups is 1. The van der Waals surface area contributed by atoms with Crippen LogP contribution in [-0.4, -0.2) is 40.5 Å². The molecule has 31 heavy (non-hydrogen) atoms. The number of H-pyrrole nitrogens is 1. The topological polar surface area (TPSA) is 74.2 Å². The standard InChI is InChI=1S/C25H30N4O2/c30-29(31)20-9-10-23-22(17-20)21-7-4-8-24(25(21)27-23)26-19-12-15-28(16-13-19)14-11-18-5-2-1-3-6-18/h1-3,5-6,9-10,17,19,24,26-27H,4,7-8,11-16H2/t24-/m1/s1. The second-order valence-electron chi connectivity index (χ2n) is 8.97. The number of nitrogens with zero attached hydrogens (tertiary/aromatic N) is 2. The van der Waals surface area contributed by atoms with Gasteiger partial charge in [0.2, 0.25) is 0 Å². The number of aromatic nitrogens is 1. The summed E-state index contributed by atoms with van der Waals surface area (Å²) >= 11 is 0. The quantitative estimate of drug-likeness (QED) is 0.447. The number of aromatic amines is 1. The Kier molecular flexibility index (Phi) is 5.74. The zero-order valence-electron chi connectivity index (χ0n) is 17.8. The van der Waals surface area contributed by atoms with Gasteiger partial charge < -0.3 is 15.2 Å². The lowest BCUT2D eigenvalue weighted by molar-refractivity contribution is -0.384. The number of non-ortho nitro benzene ring substituents is 1. The first-order chi connectivity index (χ1) is 15.2. The third-order valence-corrected chi connectivity index (χ3v) is 6.99. The molecule has 0 radical (unpaired) electrons. The fourth-order valence-corrected chi connectivity index (χ4v) is 5.27.